The Kier molecular flexibility index (Phi) is 7.26. The molecule has 1 saturated carbocycles. The maximum absolute atomic E-state index is 13.4. The average molecular weight is 456 g/mol. The molecule has 0 radical (unpaired) electrons. The predicted molar refractivity (Wildman–Crippen MR) is 124 cm³/mol. The van der Waals surface area contributed by atoms with Crippen LogP contribution >= 0.6 is 0 Å². The number of hydrogen-bond acceptors (Lipinski definition) is 3. The zero-order chi connectivity index (χ0) is 23.4. The van der Waals surface area contributed by atoms with E-state index in [0.29, 0.717) is 37.5 Å². The van der Waals surface area contributed by atoms with E-state index in [2.05, 4.69) is 10.2 Å². The Morgan fingerprint density at radius 2 is 1.58 bits per heavy atom. The number of nitrogens with one attached hydrogen (secondary N) is 1. The van der Waals surface area contributed by atoms with Crippen LogP contribution in [0.2, 0.25) is 0 Å². The van der Waals surface area contributed by atoms with E-state index in [9.17, 15) is 18.4 Å². The molecular weight excluding hydrogens is 424 g/mol. The van der Waals surface area contributed by atoms with Gasteiger partial charge in [-0.2, -0.15) is 0 Å². The summed E-state index contributed by atoms with van der Waals surface area (Å²) in [7, 11) is 1.91. The van der Waals surface area contributed by atoms with Crippen molar-refractivity contribution in [2.24, 2.45) is 0 Å². The topological polar surface area (TPSA) is 52.7 Å². The van der Waals surface area contributed by atoms with Crippen molar-refractivity contribution in [1.29, 1.82) is 0 Å². The lowest BCUT2D eigenvalue weighted by atomic mass is 9.94. The van der Waals surface area contributed by atoms with Crippen LogP contribution in [0.3, 0.4) is 0 Å². The molecule has 0 bridgehead atoms. The lowest BCUT2D eigenvalue weighted by Crippen LogP contribution is -2.45. The Morgan fingerprint density at radius 3 is 2.24 bits per heavy atom. The second kappa shape index (κ2) is 10.3. The fourth-order valence-electron chi connectivity index (χ4n) is 4.97. The number of rotatable bonds is 5. The highest BCUT2D eigenvalue weighted by atomic mass is 19.1. The van der Waals surface area contributed by atoms with Gasteiger partial charge < -0.3 is 15.1 Å². The van der Waals surface area contributed by atoms with Gasteiger partial charge in [-0.05, 0) is 49.9 Å². The van der Waals surface area contributed by atoms with E-state index in [1.807, 2.05) is 36.2 Å². The molecule has 7 heteroatoms. The predicted octanol–water partition coefficient (Wildman–Crippen LogP) is 4.77. The van der Waals surface area contributed by atoms with Gasteiger partial charge in [-0.25, -0.2) is 8.78 Å². The molecule has 0 spiro atoms. The minimum absolute atomic E-state index is 0.0170. The molecule has 2 fully saturated rings. The quantitative estimate of drug-likeness (QED) is 0.707. The van der Waals surface area contributed by atoms with Crippen LogP contribution in [0.5, 0.6) is 0 Å². The number of anilines is 1. The van der Waals surface area contributed by atoms with Gasteiger partial charge >= 0.3 is 0 Å². The molecular formula is C26H31F2N3O2. The molecule has 33 heavy (non-hydrogen) atoms. The second-order valence-electron chi connectivity index (χ2n) is 9.12. The molecule has 2 aliphatic rings. The van der Waals surface area contributed by atoms with Gasteiger partial charge in [0, 0.05) is 49.5 Å². The van der Waals surface area contributed by atoms with Crippen molar-refractivity contribution in [2.45, 2.75) is 57.0 Å². The Bertz CT molecular complexity index is 979. The van der Waals surface area contributed by atoms with Gasteiger partial charge in [0.2, 0.25) is 0 Å². The van der Waals surface area contributed by atoms with Gasteiger partial charge in [0.1, 0.15) is 11.6 Å². The first-order valence-corrected chi connectivity index (χ1v) is 11.8. The lowest BCUT2D eigenvalue weighted by Gasteiger charge is -2.36. The Morgan fingerprint density at radius 1 is 0.939 bits per heavy atom. The molecule has 0 unspecified atom stereocenters. The molecule has 1 saturated heterocycles. The average Bonchev–Trinajstić information content (AvgIpc) is 2.83. The summed E-state index contributed by atoms with van der Waals surface area (Å²) in [5.74, 6) is -1.96. The van der Waals surface area contributed by atoms with Crippen molar-refractivity contribution in [2.75, 3.05) is 25.0 Å². The fourth-order valence-corrected chi connectivity index (χ4v) is 4.97. The highest BCUT2D eigenvalue weighted by Gasteiger charge is 2.28. The lowest BCUT2D eigenvalue weighted by molar-refractivity contribution is 0.0696. The van der Waals surface area contributed by atoms with Crippen LogP contribution in [-0.4, -0.2) is 48.9 Å². The van der Waals surface area contributed by atoms with E-state index < -0.39 is 17.5 Å². The van der Waals surface area contributed by atoms with E-state index in [4.69, 9.17) is 0 Å². The number of carbonyl (C=O) groups is 2. The smallest absolute Gasteiger partial charge is 0.255 e. The summed E-state index contributed by atoms with van der Waals surface area (Å²) >= 11 is 0. The number of para-hydroxylation sites is 1. The largest absolute Gasteiger partial charge is 0.371 e. The summed E-state index contributed by atoms with van der Waals surface area (Å²) in [4.78, 5) is 29.8. The molecule has 2 aromatic carbocycles. The van der Waals surface area contributed by atoms with Crippen LogP contribution in [0.25, 0.3) is 0 Å². The van der Waals surface area contributed by atoms with Crippen LogP contribution in [0.4, 0.5) is 14.5 Å². The molecule has 2 aromatic rings. The fraction of sp³-hybridized carbons (Fsp3) is 0.462. The molecule has 0 aromatic heterocycles. The standard InChI is InChI=1S/C26H31F2N3O2/c1-30(22-7-3-2-4-8-22)26(33)23-9-5-6-10-24(23)31-13-11-21(12-14-31)29-25(32)18-15-19(27)17-20(28)16-18/h5-6,9-10,15-17,21-22H,2-4,7-8,11-14H2,1H3,(H,29,32). The maximum atomic E-state index is 13.4. The first-order chi connectivity index (χ1) is 15.9. The van der Waals surface area contributed by atoms with Crippen molar-refractivity contribution < 1.29 is 18.4 Å². The molecule has 1 aliphatic heterocycles. The number of nitrogens with zero attached hydrogens (tertiary/aromatic N) is 2. The monoisotopic (exact) mass is 455 g/mol. The summed E-state index contributed by atoms with van der Waals surface area (Å²) in [6.45, 7) is 1.36. The van der Waals surface area contributed by atoms with Crippen molar-refractivity contribution in [3.63, 3.8) is 0 Å². The molecule has 0 atom stereocenters. The number of benzene rings is 2. The summed E-state index contributed by atoms with van der Waals surface area (Å²) in [6, 6.07) is 10.8. The molecule has 5 nitrogen and oxygen atoms in total. The second-order valence-corrected chi connectivity index (χ2v) is 9.12. The van der Waals surface area contributed by atoms with Crippen molar-refractivity contribution in [3.8, 4) is 0 Å². The molecule has 1 N–H and O–H groups in total. The van der Waals surface area contributed by atoms with Crippen LogP contribution in [-0.2, 0) is 0 Å². The van der Waals surface area contributed by atoms with Gasteiger partial charge in [0.25, 0.3) is 11.8 Å². The van der Waals surface area contributed by atoms with E-state index in [1.54, 1.807) is 0 Å². The number of amides is 2. The first-order valence-electron chi connectivity index (χ1n) is 11.8. The highest BCUT2D eigenvalue weighted by Crippen LogP contribution is 2.28. The number of carbonyl (C=O) groups excluding carboxylic acids is 2. The zero-order valence-corrected chi connectivity index (χ0v) is 19.0. The summed E-state index contributed by atoms with van der Waals surface area (Å²) < 4.78 is 26.9. The Labute approximate surface area is 193 Å². The van der Waals surface area contributed by atoms with Crippen LogP contribution in [0.15, 0.2) is 42.5 Å². The highest BCUT2D eigenvalue weighted by molar-refractivity contribution is 6.00. The zero-order valence-electron chi connectivity index (χ0n) is 19.0. The van der Waals surface area contributed by atoms with E-state index in [1.165, 1.54) is 19.3 Å². The minimum Gasteiger partial charge on any atom is -0.371 e. The molecule has 1 aliphatic carbocycles. The van der Waals surface area contributed by atoms with E-state index >= 15 is 0 Å². The normalized spacial score (nSPS) is 17.6. The SMILES string of the molecule is CN(C(=O)c1ccccc1N1CCC(NC(=O)c2cc(F)cc(F)c2)CC1)C1CCCCC1. The molecule has 2 amide bonds. The first kappa shape index (κ1) is 23.2. The van der Waals surface area contributed by atoms with Crippen LogP contribution in [0, 0.1) is 11.6 Å². The van der Waals surface area contributed by atoms with Crippen molar-refractivity contribution >= 4 is 17.5 Å². The van der Waals surface area contributed by atoms with Gasteiger partial charge in [-0.1, -0.05) is 31.4 Å². The third-order valence-corrected chi connectivity index (χ3v) is 6.87. The molecule has 176 valence electrons. The van der Waals surface area contributed by atoms with Crippen molar-refractivity contribution in [1.82, 2.24) is 10.2 Å². The number of hydrogen-bond donors (Lipinski definition) is 1. The van der Waals surface area contributed by atoms with Crippen LogP contribution in [0.1, 0.15) is 65.7 Å². The maximum Gasteiger partial charge on any atom is 0.255 e. The van der Waals surface area contributed by atoms with Gasteiger partial charge in [0.05, 0.1) is 5.56 Å². The molecule has 1 heterocycles. The number of piperidine rings is 1. The van der Waals surface area contributed by atoms with Gasteiger partial charge in [-0.3, -0.25) is 9.59 Å². The Balaban J connectivity index is 1.39. The molecule has 4 rings (SSSR count). The summed E-state index contributed by atoms with van der Waals surface area (Å²) in [5.41, 5.74) is 1.61. The third-order valence-electron chi connectivity index (χ3n) is 6.87. The number of halogens is 2. The van der Waals surface area contributed by atoms with Crippen molar-refractivity contribution in [3.05, 3.63) is 65.2 Å². The Hall–Kier alpha value is -2.96. The minimum atomic E-state index is -0.769. The van der Waals surface area contributed by atoms with E-state index in [-0.39, 0.29) is 17.5 Å². The van der Waals surface area contributed by atoms with E-state index in [0.717, 1.165) is 36.7 Å². The summed E-state index contributed by atoms with van der Waals surface area (Å²) in [5, 5.41) is 2.89. The van der Waals surface area contributed by atoms with Gasteiger partial charge in [0.15, 0.2) is 0 Å². The summed E-state index contributed by atoms with van der Waals surface area (Å²) in [6.07, 6.45) is 7.08. The van der Waals surface area contributed by atoms with Gasteiger partial charge in [-0.15, -0.1) is 0 Å². The van der Waals surface area contributed by atoms with Crippen LogP contribution < -0.4 is 10.2 Å². The third kappa shape index (κ3) is 5.52.